The first-order chi connectivity index (χ1) is 12.4. The van der Waals surface area contributed by atoms with Crippen molar-refractivity contribution in [3.8, 4) is 5.75 Å². The van der Waals surface area contributed by atoms with Gasteiger partial charge in [0.1, 0.15) is 10.6 Å². The van der Waals surface area contributed by atoms with Crippen LogP contribution in [0, 0.1) is 0 Å². The van der Waals surface area contributed by atoms with Crippen LogP contribution < -0.4 is 4.74 Å². The molecule has 1 aliphatic heterocycles. The molecule has 3 aromatic rings. The first kappa shape index (κ1) is 17.4. The molecule has 0 saturated carbocycles. The lowest BCUT2D eigenvalue weighted by molar-refractivity contribution is 0.0475. The van der Waals surface area contributed by atoms with Gasteiger partial charge >= 0.3 is 0 Å². The number of hydrogen-bond acceptors (Lipinski definition) is 4. The van der Waals surface area contributed by atoms with Crippen molar-refractivity contribution in [3.63, 3.8) is 0 Å². The third kappa shape index (κ3) is 2.69. The molecular formula is C19H19ClN2O3S. The second kappa shape index (κ2) is 6.30. The van der Waals surface area contributed by atoms with E-state index in [0.29, 0.717) is 5.52 Å². The summed E-state index contributed by atoms with van der Waals surface area (Å²) in [6.45, 7) is 0. The number of halogens is 1. The van der Waals surface area contributed by atoms with Crippen molar-refractivity contribution in [2.45, 2.75) is 24.0 Å². The molecule has 0 fully saturated rings. The monoisotopic (exact) mass is 390 g/mol. The summed E-state index contributed by atoms with van der Waals surface area (Å²) in [7, 11) is 0.160. The Morgan fingerprint density at radius 2 is 1.92 bits per heavy atom. The minimum absolute atomic E-state index is 0.0170. The second-order valence-corrected chi connectivity index (χ2v) is 8.80. The van der Waals surface area contributed by atoms with Crippen molar-refractivity contribution in [2.24, 2.45) is 0 Å². The van der Waals surface area contributed by atoms with E-state index in [4.69, 9.17) is 16.3 Å². The molecule has 1 aromatic heterocycles. The topological polar surface area (TPSA) is 51.5 Å². The van der Waals surface area contributed by atoms with Gasteiger partial charge in [0.25, 0.3) is 10.0 Å². The van der Waals surface area contributed by atoms with Gasteiger partial charge in [0, 0.05) is 18.0 Å². The summed E-state index contributed by atoms with van der Waals surface area (Å²) >= 11 is 6.12. The molecular weight excluding hydrogens is 372 g/mol. The van der Waals surface area contributed by atoms with Gasteiger partial charge in [0.2, 0.25) is 0 Å². The number of nitrogens with zero attached hydrogens (tertiary/aromatic N) is 2. The molecule has 0 radical (unpaired) electrons. The first-order valence-corrected chi connectivity index (χ1v) is 10.2. The fourth-order valence-electron chi connectivity index (χ4n) is 3.35. The highest BCUT2D eigenvalue weighted by molar-refractivity contribution is 7.90. The predicted octanol–water partition coefficient (Wildman–Crippen LogP) is 3.74. The Morgan fingerprint density at radius 1 is 1.15 bits per heavy atom. The first-order valence-electron chi connectivity index (χ1n) is 8.36. The van der Waals surface area contributed by atoms with E-state index >= 15 is 0 Å². The lowest BCUT2D eigenvalue weighted by atomic mass is 10.0. The van der Waals surface area contributed by atoms with Gasteiger partial charge < -0.3 is 4.74 Å². The number of fused-ring (bicyclic) bond motifs is 3. The summed E-state index contributed by atoms with van der Waals surface area (Å²) < 4.78 is 33.6. The maximum absolute atomic E-state index is 13.1. The van der Waals surface area contributed by atoms with Crippen molar-refractivity contribution in [3.05, 3.63) is 59.2 Å². The van der Waals surface area contributed by atoms with E-state index in [1.165, 1.54) is 10.0 Å². The van der Waals surface area contributed by atoms with Gasteiger partial charge in [0.05, 0.1) is 10.5 Å². The highest BCUT2D eigenvalue weighted by atomic mass is 35.5. The molecule has 5 nitrogen and oxygen atoms in total. The molecule has 7 heteroatoms. The molecule has 1 atom stereocenters. The summed E-state index contributed by atoms with van der Waals surface area (Å²) in [5.41, 5.74) is 1.69. The summed E-state index contributed by atoms with van der Waals surface area (Å²) in [5.74, 6) is 0.764. The number of aromatic nitrogens is 1. The highest BCUT2D eigenvalue weighted by Gasteiger charge is 2.27. The molecule has 0 aliphatic carbocycles. The standard InChI is InChI=1S/C19H19ClN2O3S/c1-21(2)18-10-8-13-7-9-16-14(19(13)25-18)11-12-22(16)26(23,24)17-6-4-3-5-15(17)20/h3-7,9,11-12,18H,8,10H2,1-2H3. The third-order valence-corrected chi connectivity index (χ3v) is 6.92. The Morgan fingerprint density at radius 3 is 2.65 bits per heavy atom. The third-order valence-electron chi connectivity index (χ3n) is 4.73. The molecule has 4 rings (SSSR count). The average Bonchev–Trinajstić information content (AvgIpc) is 3.06. The van der Waals surface area contributed by atoms with Crippen molar-refractivity contribution in [2.75, 3.05) is 14.1 Å². The molecule has 0 N–H and O–H groups in total. The minimum Gasteiger partial charge on any atom is -0.474 e. The van der Waals surface area contributed by atoms with Crippen LogP contribution in [0.5, 0.6) is 5.75 Å². The zero-order chi connectivity index (χ0) is 18.5. The maximum Gasteiger partial charge on any atom is 0.269 e. The van der Waals surface area contributed by atoms with Gasteiger partial charge in [-0.2, -0.15) is 0 Å². The van der Waals surface area contributed by atoms with Crippen molar-refractivity contribution < 1.29 is 13.2 Å². The van der Waals surface area contributed by atoms with E-state index in [1.54, 1.807) is 30.5 Å². The molecule has 0 amide bonds. The van der Waals surface area contributed by atoms with Crippen molar-refractivity contribution in [1.82, 2.24) is 8.87 Å². The van der Waals surface area contributed by atoms with Crippen LogP contribution in [0.25, 0.3) is 10.9 Å². The molecule has 0 saturated heterocycles. The Kier molecular flexibility index (Phi) is 4.22. The van der Waals surface area contributed by atoms with Gasteiger partial charge in [-0.3, -0.25) is 4.90 Å². The fraction of sp³-hybridized carbons (Fsp3) is 0.263. The molecule has 136 valence electrons. The molecule has 2 aromatic carbocycles. The zero-order valence-electron chi connectivity index (χ0n) is 14.5. The molecule has 0 bridgehead atoms. The minimum atomic E-state index is -3.79. The zero-order valence-corrected chi connectivity index (χ0v) is 16.1. The maximum atomic E-state index is 13.1. The average molecular weight is 391 g/mol. The van der Waals surface area contributed by atoms with Crippen LogP contribution in [0.1, 0.15) is 12.0 Å². The Balaban J connectivity index is 1.87. The van der Waals surface area contributed by atoms with E-state index in [-0.39, 0.29) is 16.1 Å². The van der Waals surface area contributed by atoms with E-state index in [1.807, 2.05) is 31.1 Å². The van der Waals surface area contributed by atoms with Gasteiger partial charge in [-0.1, -0.05) is 29.8 Å². The van der Waals surface area contributed by atoms with E-state index < -0.39 is 10.0 Å². The largest absolute Gasteiger partial charge is 0.474 e. The van der Waals surface area contributed by atoms with Crippen LogP contribution in [-0.2, 0) is 16.4 Å². The van der Waals surface area contributed by atoms with E-state index in [0.717, 1.165) is 29.5 Å². The van der Waals surface area contributed by atoms with Gasteiger partial charge in [-0.25, -0.2) is 12.4 Å². The van der Waals surface area contributed by atoms with Gasteiger partial charge in [-0.15, -0.1) is 0 Å². The molecule has 2 heterocycles. The molecule has 1 aliphatic rings. The number of rotatable bonds is 3. The SMILES string of the molecule is CN(C)C1CCc2ccc3c(ccn3S(=O)(=O)c3ccccc3Cl)c2O1. The van der Waals surface area contributed by atoms with E-state index in [2.05, 4.69) is 0 Å². The summed E-state index contributed by atoms with van der Waals surface area (Å²) in [6, 6.07) is 12.0. The van der Waals surface area contributed by atoms with Crippen molar-refractivity contribution in [1.29, 1.82) is 0 Å². The molecule has 1 unspecified atom stereocenters. The number of benzene rings is 2. The summed E-state index contributed by atoms with van der Waals surface area (Å²) in [4.78, 5) is 2.11. The Labute approximate surface area is 157 Å². The van der Waals surface area contributed by atoms with Crippen LogP contribution in [0.3, 0.4) is 0 Å². The van der Waals surface area contributed by atoms with E-state index in [9.17, 15) is 8.42 Å². The van der Waals surface area contributed by atoms with Gasteiger partial charge in [0.15, 0.2) is 6.23 Å². The van der Waals surface area contributed by atoms with Crippen LogP contribution in [0.15, 0.2) is 53.6 Å². The normalized spacial score (nSPS) is 17.3. The Bertz CT molecular complexity index is 1090. The number of hydrogen-bond donors (Lipinski definition) is 0. The highest BCUT2D eigenvalue weighted by Crippen LogP contribution is 2.37. The second-order valence-electron chi connectivity index (χ2n) is 6.61. The fourth-order valence-corrected chi connectivity index (χ4v) is 5.20. The van der Waals surface area contributed by atoms with Crippen LogP contribution in [0.2, 0.25) is 5.02 Å². The number of aryl methyl sites for hydroxylation is 1. The van der Waals surface area contributed by atoms with Crippen molar-refractivity contribution >= 4 is 32.5 Å². The Hall–Kier alpha value is -2.02. The number of ether oxygens (including phenoxy) is 1. The molecule has 26 heavy (non-hydrogen) atoms. The molecule has 0 spiro atoms. The smallest absolute Gasteiger partial charge is 0.269 e. The van der Waals surface area contributed by atoms with Crippen LogP contribution >= 0.6 is 11.6 Å². The lowest BCUT2D eigenvalue weighted by Crippen LogP contribution is -2.36. The summed E-state index contributed by atoms with van der Waals surface area (Å²) in [6.07, 6.45) is 3.35. The van der Waals surface area contributed by atoms with Crippen LogP contribution in [-0.4, -0.2) is 37.6 Å². The predicted molar refractivity (Wildman–Crippen MR) is 102 cm³/mol. The van der Waals surface area contributed by atoms with Gasteiger partial charge in [-0.05, 0) is 50.3 Å². The lowest BCUT2D eigenvalue weighted by Gasteiger charge is -2.31. The summed E-state index contributed by atoms with van der Waals surface area (Å²) in [5, 5.41) is 1.00. The van der Waals surface area contributed by atoms with Crippen LogP contribution in [0.4, 0.5) is 0 Å². The quantitative estimate of drug-likeness (QED) is 0.683.